The standard InChI is InChI=1S/C29H34ClN5O2/c1-20(33-12-14-34(15-13-33)26-7-5-6-24(30)21(26)2)16-25-23-17-28(36-3)29(37-4)18-27(23)35(32-25)19-22-8-10-31-11-9-22/h5-11,17-18,20H,12-16,19H2,1-4H3. The third kappa shape index (κ3) is 5.24. The van der Waals surface area contributed by atoms with E-state index in [9.17, 15) is 0 Å². The monoisotopic (exact) mass is 519 g/mol. The molecule has 0 amide bonds. The van der Waals surface area contributed by atoms with Gasteiger partial charge >= 0.3 is 0 Å². The summed E-state index contributed by atoms with van der Waals surface area (Å²) in [5, 5.41) is 7.02. The van der Waals surface area contributed by atoms with Gasteiger partial charge in [0.1, 0.15) is 0 Å². The van der Waals surface area contributed by atoms with Crippen molar-refractivity contribution in [1.82, 2.24) is 19.7 Å². The third-order valence-corrected chi connectivity index (χ3v) is 7.83. The number of fused-ring (bicyclic) bond motifs is 1. The smallest absolute Gasteiger partial charge is 0.162 e. The number of anilines is 1. The first kappa shape index (κ1) is 25.4. The number of hydrogen-bond acceptors (Lipinski definition) is 6. The van der Waals surface area contributed by atoms with Crippen LogP contribution in [0.5, 0.6) is 11.5 Å². The number of aromatic nitrogens is 3. The molecule has 2 aromatic heterocycles. The number of halogens is 1. The van der Waals surface area contributed by atoms with Gasteiger partial charge in [0.05, 0.1) is 32.0 Å². The number of pyridine rings is 1. The highest BCUT2D eigenvalue weighted by Gasteiger charge is 2.25. The molecule has 8 heteroatoms. The molecule has 0 radical (unpaired) electrons. The molecule has 1 unspecified atom stereocenters. The van der Waals surface area contributed by atoms with Crippen molar-refractivity contribution in [2.24, 2.45) is 0 Å². The van der Waals surface area contributed by atoms with Crippen LogP contribution in [-0.4, -0.2) is 66.1 Å². The van der Waals surface area contributed by atoms with Gasteiger partial charge in [-0.15, -0.1) is 0 Å². The maximum atomic E-state index is 6.38. The van der Waals surface area contributed by atoms with Crippen LogP contribution in [0.25, 0.3) is 10.9 Å². The summed E-state index contributed by atoms with van der Waals surface area (Å²) in [5.41, 5.74) is 5.66. The Balaban J connectivity index is 1.37. The summed E-state index contributed by atoms with van der Waals surface area (Å²) in [6, 6.07) is 14.7. The van der Waals surface area contributed by atoms with Crippen molar-refractivity contribution in [3.8, 4) is 11.5 Å². The molecule has 4 aromatic rings. The maximum absolute atomic E-state index is 6.38. The number of benzene rings is 2. The molecule has 37 heavy (non-hydrogen) atoms. The molecule has 1 aliphatic rings. The molecule has 0 bridgehead atoms. The van der Waals surface area contributed by atoms with Gasteiger partial charge in [-0.05, 0) is 55.3 Å². The summed E-state index contributed by atoms with van der Waals surface area (Å²) in [6.45, 7) is 9.03. The van der Waals surface area contributed by atoms with Gasteiger partial charge in [-0.3, -0.25) is 14.6 Å². The Kier molecular flexibility index (Phi) is 7.53. The molecule has 1 fully saturated rings. The van der Waals surface area contributed by atoms with Gasteiger partial charge in [-0.1, -0.05) is 17.7 Å². The normalized spacial score (nSPS) is 15.2. The molecule has 5 rings (SSSR count). The van der Waals surface area contributed by atoms with Gasteiger partial charge in [0.2, 0.25) is 0 Å². The van der Waals surface area contributed by atoms with Crippen molar-refractivity contribution >= 4 is 28.2 Å². The van der Waals surface area contributed by atoms with Crippen LogP contribution < -0.4 is 14.4 Å². The van der Waals surface area contributed by atoms with Crippen LogP contribution in [0.1, 0.15) is 23.7 Å². The third-order valence-electron chi connectivity index (χ3n) is 7.42. The minimum absolute atomic E-state index is 0.350. The van der Waals surface area contributed by atoms with Crippen LogP contribution in [0, 0.1) is 6.92 Å². The van der Waals surface area contributed by atoms with Gasteiger partial charge in [0, 0.05) is 73.2 Å². The van der Waals surface area contributed by atoms with Crippen molar-refractivity contribution in [2.45, 2.75) is 32.9 Å². The Morgan fingerprint density at radius 2 is 1.68 bits per heavy atom. The van der Waals surface area contributed by atoms with E-state index in [1.165, 1.54) is 5.69 Å². The molecule has 0 spiro atoms. The number of piperazine rings is 1. The van der Waals surface area contributed by atoms with Crippen molar-refractivity contribution in [3.63, 3.8) is 0 Å². The molecule has 2 aromatic carbocycles. The molecule has 194 valence electrons. The van der Waals surface area contributed by atoms with Gasteiger partial charge in [0.15, 0.2) is 11.5 Å². The molecule has 0 saturated carbocycles. The summed E-state index contributed by atoms with van der Waals surface area (Å²) in [4.78, 5) is 9.15. The van der Waals surface area contributed by atoms with Crippen LogP contribution in [-0.2, 0) is 13.0 Å². The zero-order valence-corrected chi connectivity index (χ0v) is 22.7. The van der Waals surface area contributed by atoms with Crippen LogP contribution in [0.3, 0.4) is 0 Å². The van der Waals surface area contributed by atoms with E-state index in [0.29, 0.717) is 18.3 Å². The fraction of sp³-hybridized carbons (Fsp3) is 0.379. The lowest BCUT2D eigenvalue weighted by molar-refractivity contribution is 0.195. The lowest BCUT2D eigenvalue weighted by Crippen LogP contribution is -2.50. The Morgan fingerprint density at radius 1 is 0.973 bits per heavy atom. The average molecular weight is 520 g/mol. The Labute approximate surface area is 223 Å². The molecular weight excluding hydrogens is 486 g/mol. The van der Waals surface area contributed by atoms with Gasteiger partial charge in [-0.25, -0.2) is 0 Å². The first-order chi connectivity index (χ1) is 18.0. The predicted molar refractivity (Wildman–Crippen MR) is 149 cm³/mol. The van der Waals surface area contributed by atoms with E-state index in [0.717, 1.165) is 71.1 Å². The molecule has 1 saturated heterocycles. The summed E-state index contributed by atoms with van der Waals surface area (Å²) in [7, 11) is 3.34. The molecule has 7 nitrogen and oxygen atoms in total. The highest BCUT2D eigenvalue weighted by atomic mass is 35.5. The fourth-order valence-corrected chi connectivity index (χ4v) is 5.42. The summed E-state index contributed by atoms with van der Waals surface area (Å²) >= 11 is 6.38. The fourth-order valence-electron chi connectivity index (χ4n) is 5.25. The van der Waals surface area contributed by atoms with Crippen molar-refractivity contribution in [1.29, 1.82) is 0 Å². The quantitative estimate of drug-likeness (QED) is 0.318. The average Bonchev–Trinajstić information content (AvgIpc) is 3.25. The number of hydrogen-bond donors (Lipinski definition) is 0. The van der Waals surface area contributed by atoms with Crippen LogP contribution in [0.15, 0.2) is 54.9 Å². The molecule has 3 heterocycles. The van der Waals surface area contributed by atoms with E-state index in [2.05, 4.69) is 45.4 Å². The summed E-state index contributed by atoms with van der Waals surface area (Å²) in [5.74, 6) is 1.43. The van der Waals surface area contributed by atoms with E-state index >= 15 is 0 Å². The lowest BCUT2D eigenvalue weighted by Gasteiger charge is -2.39. The predicted octanol–water partition coefficient (Wildman–Crippen LogP) is 5.21. The summed E-state index contributed by atoms with van der Waals surface area (Å²) in [6.07, 6.45) is 4.49. The maximum Gasteiger partial charge on any atom is 0.162 e. The minimum Gasteiger partial charge on any atom is -0.493 e. The summed E-state index contributed by atoms with van der Waals surface area (Å²) < 4.78 is 13.3. The zero-order chi connectivity index (χ0) is 25.9. The van der Waals surface area contributed by atoms with Crippen LogP contribution in [0.4, 0.5) is 5.69 Å². The molecule has 1 aliphatic heterocycles. The van der Waals surface area contributed by atoms with Crippen molar-refractivity contribution in [3.05, 3.63) is 76.7 Å². The Morgan fingerprint density at radius 3 is 2.38 bits per heavy atom. The lowest BCUT2D eigenvalue weighted by atomic mass is 10.1. The number of ether oxygens (including phenoxy) is 2. The first-order valence-electron chi connectivity index (χ1n) is 12.7. The second kappa shape index (κ2) is 11.0. The minimum atomic E-state index is 0.350. The van der Waals surface area contributed by atoms with Gasteiger partial charge in [0.25, 0.3) is 0 Å². The van der Waals surface area contributed by atoms with E-state index in [1.54, 1.807) is 14.2 Å². The highest BCUT2D eigenvalue weighted by molar-refractivity contribution is 6.31. The topological polar surface area (TPSA) is 55.7 Å². The largest absolute Gasteiger partial charge is 0.493 e. The second-order valence-electron chi connectivity index (χ2n) is 9.64. The highest BCUT2D eigenvalue weighted by Crippen LogP contribution is 2.35. The van der Waals surface area contributed by atoms with Gasteiger partial charge < -0.3 is 14.4 Å². The van der Waals surface area contributed by atoms with Crippen LogP contribution in [0.2, 0.25) is 5.02 Å². The number of methoxy groups -OCH3 is 2. The van der Waals surface area contributed by atoms with Crippen LogP contribution >= 0.6 is 11.6 Å². The number of rotatable bonds is 8. The Bertz CT molecular complexity index is 1370. The van der Waals surface area contributed by atoms with E-state index in [-0.39, 0.29) is 0 Å². The van der Waals surface area contributed by atoms with Crippen molar-refractivity contribution < 1.29 is 9.47 Å². The van der Waals surface area contributed by atoms with Crippen molar-refractivity contribution in [2.75, 3.05) is 45.3 Å². The number of nitrogens with zero attached hydrogens (tertiary/aromatic N) is 5. The zero-order valence-electron chi connectivity index (χ0n) is 21.9. The van der Waals surface area contributed by atoms with E-state index < -0.39 is 0 Å². The molecule has 1 atom stereocenters. The molecule has 0 N–H and O–H groups in total. The molecule has 0 aliphatic carbocycles. The van der Waals surface area contributed by atoms with Gasteiger partial charge in [-0.2, -0.15) is 5.10 Å². The Hall–Kier alpha value is -3.29. The molecular formula is C29H34ClN5O2. The SMILES string of the molecule is COc1cc2c(CC(C)N3CCN(c4cccc(Cl)c4C)CC3)nn(Cc3ccncc3)c2cc1OC. The van der Waals surface area contributed by atoms with E-state index in [1.807, 2.05) is 42.7 Å². The van der Waals surface area contributed by atoms with E-state index in [4.69, 9.17) is 26.2 Å². The second-order valence-corrected chi connectivity index (χ2v) is 10.1. The first-order valence-corrected chi connectivity index (χ1v) is 13.1.